The van der Waals surface area contributed by atoms with Crippen LogP contribution in [-0.2, 0) is 19.9 Å². The molecule has 0 saturated heterocycles. The number of sulfonamides is 1. The summed E-state index contributed by atoms with van der Waals surface area (Å²) in [5, 5.41) is -0.196. The number of anilines is 1. The molecule has 3 N–H and O–H groups in total. The monoisotopic (exact) mass is 332 g/mol. The van der Waals surface area contributed by atoms with E-state index in [-0.39, 0.29) is 16.6 Å². The molecule has 0 aromatic carbocycles. The summed E-state index contributed by atoms with van der Waals surface area (Å²) in [6.07, 6.45) is 2.56. The van der Waals surface area contributed by atoms with Crippen LogP contribution in [0.25, 0.3) is 5.65 Å². The average molecular weight is 332 g/mol. The van der Waals surface area contributed by atoms with Crippen molar-refractivity contribution in [1.29, 1.82) is 0 Å². The first-order valence-electron chi connectivity index (χ1n) is 6.03. The van der Waals surface area contributed by atoms with Gasteiger partial charge in [-0.2, -0.15) is 0 Å². The minimum absolute atomic E-state index is 0.139. The van der Waals surface area contributed by atoms with E-state index >= 15 is 0 Å². The third-order valence-electron chi connectivity index (χ3n) is 2.67. The zero-order valence-electron chi connectivity index (χ0n) is 11.5. The van der Waals surface area contributed by atoms with E-state index in [1.165, 1.54) is 17.5 Å². The van der Waals surface area contributed by atoms with Crippen LogP contribution in [0.5, 0.6) is 0 Å². The maximum Gasteiger partial charge on any atom is 0.260 e. The molecule has 0 amide bonds. The number of rotatable bonds is 5. The summed E-state index contributed by atoms with van der Waals surface area (Å²) in [7, 11) is -7.28. The van der Waals surface area contributed by atoms with Gasteiger partial charge >= 0.3 is 0 Å². The first-order chi connectivity index (χ1) is 9.60. The number of nitrogens with one attached hydrogen (secondary N) is 1. The number of hydrogen-bond donors (Lipinski definition) is 2. The molecule has 0 fully saturated rings. The summed E-state index contributed by atoms with van der Waals surface area (Å²) < 4.78 is 50.8. The number of imidazole rings is 1. The smallest absolute Gasteiger partial charge is 0.260 e. The molecule has 1 unspecified atom stereocenters. The highest BCUT2D eigenvalue weighted by Crippen LogP contribution is 2.20. The molecule has 116 valence electrons. The van der Waals surface area contributed by atoms with Gasteiger partial charge in [-0.1, -0.05) is 6.07 Å². The van der Waals surface area contributed by atoms with Crippen molar-refractivity contribution in [3.8, 4) is 0 Å². The van der Waals surface area contributed by atoms with Gasteiger partial charge in [0.25, 0.3) is 10.0 Å². The summed E-state index contributed by atoms with van der Waals surface area (Å²) in [4.78, 5) is 3.96. The Bertz CT molecular complexity index is 871. The van der Waals surface area contributed by atoms with Gasteiger partial charge in [-0.3, -0.25) is 4.40 Å². The molecule has 0 bridgehead atoms. The van der Waals surface area contributed by atoms with Crippen molar-refractivity contribution < 1.29 is 16.8 Å². The molecule has 8 nitrogen and oxygen atoms in total. The van der Waals surface area contributed by atoms with Crippen molar-refractivity contribution in [3.63, 3.8) is 0 Å². The lowest BCUT2D eigenvalue weighted by atomic mass is 10.4. The van der Waals surface area contributed by atoms with Crippen molar-refractivity contribution >= 4 is 31.3 Å². The number of nitrogen functional groups attached to an aromatic ring is 1. The molecule has 2 aromatic heterocycles. The molecule has 0 aliphatic rings. The van der Waals surface area contributed by atoms with E-state index in [4.69, 9.17) is 5.73 Å². The van der Waals surface area contributed by atoms with Gasteiger partial charge in [0.05, 0.1) is 5.75 Å². The number of nitrogens with zero attached hydrogens (tertiary/aromatic N) is 2. The molecule has 10 heteroatoms. The number of pyridine rings is 1. The first kappa shape index (κ1) is 15.7. The summed E-state index contributed by atoms with van der Waals surface area (Å²) in [6.45, 7) is 1.47. The molecular weight excluding hydrogens is 316 g/mol. The highest BCUT2D eigenvalue weighted by molar-refractivity contribution is 7.91. The van der Waals surface area contributed by atoms with E-state index in [1.807, 2.05) is 0 Å². The van der Waals surface area contributed by atoms with Gasteiger partial charge in [-0.15, -0.1) is 0 Å². The Hall–Kier alpha value is -1.65. The quantitative estimate of drug-likeness (QED) is 0.770. The fraction of sp³-hybridized carbons (Fsp3) is 0.364. The molecule has 0 aliphatic heterocycles. The van der Waals surface area contributed by atoms with Crippen LogP contribution >= 0.6 is 0 Å². The van der Waals surface area contributed by atoms with Gasteiger partial charge in [-0.05, 0) is 19.1 Å². The highest BCUT2D eigenvalue weighted by Gasteiger charge is 2.26. The molecule has 2 aromatic rings. The fourth-order valence-electron chi connectivity index (χ4n) is 2.07. The molecule has 2 rings (SSSR count). The lowest BCUT2D eigenvalue weighted by Gasteiger charge is -2.13. The Morgan fingerprint density at radius 3 is 2.62 bits per heavy atom. The van der Waals surface area contributed by atoms with E-state index < -0.39 is 25.9 Å². The van der Waals surface area contributed by atoms with Gasteiger partial charge in [0.2, 0.25) is 0 Å². The molecule has 0 aliphatic carbocycles. The molecule has 0 radical (unpaired) electrons. The molecule has 21 heavy (non-hydrogen) atoms. The summed E-state index contributed by atoms with van der Waals surface area (Å²) in [6, 6.07) is 4.19. The van der Waals surface area contributed by atoms with Crippen LogP contribution < -0.4 is 10.5 Å². The van der Waals surface area contributed by atoms with Gasteiger partial charge in [0, 0.05) is 18.5 Å². The average Bonchev–Trinajstić information content (AvgIpc) is 2.61. The third-order valence-corrected chi connectivity index (χ3v) is 5.41. The van der Waals surface area contributed by atoms with Crippen LogP contribution in [0.2, 0.25) is 0 Å². The van der Waals surface area contributed by atoms with Crippen molar-refractivity contribution in [3.05, 3.63) is 24.4 Å². The van der Waals surface area contributed by atoms with E-state index in [0.29, 0.717) is 5.65 Å². The second kappa shape index (κ2) is 5.28. The maximum atomic E-state index is 12.4. The Balaban J connectivity index is 2.41. The lowest BCUT2D eigenvalue weighted by Crippen LogP contribution is -2.38. The topological polar surface area (TPSA) is 124 Å². The second-order valence-corrected chi connectivity index (χ2v) is 8.66. The summed E-state index contributed by atoms with van der Waals surface area (Å²) >= 11 is 0. The molecule has 0 spiro atoms. The Morgan fingerprint density at radius 1 is 1.33 bits per heavy atom. The predicted molar refractivity (Wildman–Crippen MR) is 79.1 cm³/mol. The van der Waals surface area contributed by atoms with Crippen LogP contribution in [-0.4, -0.2) is 44.3 Å². The summed E-state index contributed by atoms with van der Waals surface area (Å²) in [5.74, 6) is -0.441. The Labute approximate surface area is 123 Å². The Kier molecular flexibility index (Phi) is 3.95. The van der Waals surface area contributed by atoms with E-state index in [9.17, 15) is 16.8 Å². The SMILES string of the molecule is CC(CS(C)(=O)=O)NS(=O)(=O)c1c(N)nc2ccccn12. The number of aromatic nitrogens is 2. The number of fused-ring (bicyclic) bond motifs is 1. The second-order valence-electron chi connectivity index (χ2n) is 4.85. The van der Waals surface area contributed by atoms with Crippen molar-refractivity contribution in [2.24, 2.45) is 0 Å². The largest absolute Gasteiger partial charge is 0.381 e. The van der Waals surface area contributed by atoms with E-state index in [0.717, 1.165) is 6.26 Å². The number of nitrogens with two attached hydrogens (primary N) is 1. The van der Waals surface area contributed by atoms with E-state index in [1.54, 1.807) is 18.2 Å². The molecule has 0 saturated carbocycles. The molecule has 2 heterocycles. The number of sulfone groups is 1. The van der Waals surface area contributed by atoms with Crippen molar-refractivity contribution in [1.82, 2.24) is 14.1 Å². The van der Waals surface area contributed by atoms with Crippen LogP contribution in [0.15, 0.2) is 29.4 Å². The third kappa shape index (κ3) is 3.52. The zero-order valence-corrected chi connectivity index (χ0v) is 13.1. The number of hydrogen-bond acceptors (Lipinski definition) is 6. The van der Waals surface area contributed by atoms with Crippen molar-refractivity contribution in [2.75, 3.05) is 17.7 Å². The first-order valence-corrected chi connectivity index (χ1v) is 9.57. The standard InChI is InChI=1S/C11H16N4O4S2/c1-8(7-20(2,16)17)14-21(18,19)11-10(12)13-9-5-3-4-6-15(9)11/h3-6,8,14H,7,12H2,1-2H3. The summed E-state index contributed by atoms with van der Waals surface area (Å²) in [5.41, 5.74) is 6.07. The highest BCUT2D eigenvalue weighted by atomic mass is 32.2. The fourth-order valence-corrected chi connectivity index (χ4v) is 4.62. The molecular formula is C11H16N4O4S2. The van der Waals surface area contributed by atoms with Gasteiger partial charge in [-0.25, -0.2) is 26.5 Å². The van der Waals surface area contributed by atoms with Gasteiger partial charge < -0.3 is 5.73 Å². The minimum Gasteiger partial charge on any atom is -0.381 e. The van der Waals surface area contributed by atoms with Crippen LogP contribution in [0.4, 0.5) is 5.82 Å². The Morgan fingerprint density at radius 2 is 2.00 bits per heavy atom. The molecule has 1 atom stereocenters. The predicted octanol–water partition coefficient (Wildman–Crippen LogP) is -0.372. The normalized spacial score (nSPS) is 14.4. The van der Waals surface area contributed by atoms with Crippen LogP contribution in [0.1, 0.15) is 6.92 Å². The lowest BCUT2D eigenvalue weighted by molar-refractivity contribution is 0.561. The van der Waals surface area contributed by atoms with Gasteiger partial charge in [0.15, 0.2) is 10.8 Å². The van der Waals surface area contributed by atoms with Crippen molar-refractivity contribution in [2.45, 2.75) is 18.0 Å². The minimum atomic E-state index is -3.98. The van der Waals surface area contributed by atoms with Crippen LogP contribution in [0, 0.1) is 0 Å². The maximum absolute atomic E-state index is 12.4. The zero-order chi connectivity index (χ0) is 15.8. The van der Waals surface area contributed by atoms with Gasteiger partial charge in [0.1, 0.15) is 15.5 Å². The van der Waals surface area contributed by atoms with E-state index in [2.05, 4.69) is 9.71 Å². The van der Waals surface area contributed by atoms with Crippen LogP contribution in [0.3, 0.4) is 0 Å².